The lowest BCUT2D eigenvalue weighted by Gasteiger charge is -2.19. The predicted molar refractivity (Wildman–Crippen MR) is 167 cm³/mol. The third-order valence-electron chi connectivity index (χ3n) is 8.34. The van der Waals surface area contributed by atoms with E-state index in [1.165, 1.54) is 5.56 Å². The third-order valence-corrected chi connectivity index (χ3v) is 8.34. The zero-order valence-corrected chi connectivity index (χ0v) is 24.3. The first-order valence-electron chi connectivity index (χ1n) is 14.5. The van der Waals surface area contributed by atoms with Crippen molar-refractivity contribution in [1.29, 1.82) is 0 Å². The van der Waals surface area contributed by atoms with E-state index >= 15 is 0 Å². The largest absolute Gasteiger partial charge is 0.507 e. The summed E-state index contributed by atoms with van der Waals surface area (Å²) in [5.41, 5.74) is 11.0. The maximum atomic E-state index is 11.6. The van der Waals surface area contributed by atoms with Gasteiger partial charge in [-0.15, -0.1) is 0 Å². The summed E-state index contributed by atoms with van der Waals surface area (Å²) >= 11 is 0. The van der Waals surface area contributed by atoms with Gasteiger partial charge >= 0.3 is 0 Å². The van der Waals surface area contributed by atoms with E-state index in [2.05, 4.69) is 12.1 Å². The lowest BCUT2D eigenvalue weighted by molar-refractivity contribution is 0.450. The Kier molecular flexibility index (Phi) is 7.16. The Morgan fingerprint density at radius 1 is 0.405 bits per heavy atom. The maximum Gasteiger partial charge on any atom is 0.122 e. The first kappa shape index (κ1) is 27.5. The van der Waals surface area contributed by atoms with Crippen LogP contribution in [0.2, 0.25) is 0 Å². The van der Waals surface area contributed by atoms with Crippen molar-refractivity contribution in [2.75, 3.05) is 0 Å². The van der Waals surface area contributed by atoms with Gasteiger partial charge in [0.1, 0.15) is 23.0 Å². The molecule has 0 heterocycles. The number of aromatic hydroxyl groups is 4. The minimum Gasteiger partial charge on any atom is -0.507 e. The summed E-state index contributed by atoms with van der Waals surface area (Å²) in [4.78, 5) is 0. The highest BCUT2D eigenvalue weighted by Gasteiger charge is 2.20. The molecule has 0 saturated heterocycles. The molecule has 0 aromatic heterocycles. The predicted octanol–water partition coefficient (Wildman–Crippen LogP) is 7.70. The summed E-state index contributed by atoms with van der Waals surface area (Å²) in [6, 6.07) is 26.0. The molecule has 5 aromatic carbocycles. The van der Waals surface area contributed by atoms with E-state index in [-0.39, 0.29) is 23.0 Å². The molecule has 0 unspecified atom stereocenters. The highest BCUT2D eigenvalue weighted by atomic mass is 16.3. The minimum absolute atomic E-state index is 0.183. The van der Waals surface area contributed by atoms with E-state index in [4.69, 9.17) is 0 Å². The summed E-state index contributed by atoms with van der Waals surface area (Å²) < 4.78 is 0. The molecule has 0 radical (unpaired) electrons. The molecule has 4 N–H and O–H groups in total. The molecular weight excluding hydrogens is 520 g/mol. The van der Waals surface area contributed by atoms with Gasteiger partial charge in [0.05, 0.1) is 0 Å². The van der Waals surface area contributed by atoms with Crippen LogP contribution in [-0.2, 0) is 32.1 Å². The molecular formula is C38H36O4. The van der Waals surface area contributed by atoms with E-state index < -0.39 is 0 Å². The molecule has 0 spiro atoms. The number of hydrogen-bond donors (Lipinski definition) is 4. The molecule has 0 atom stereocenters. The topological polar surface area (TPSA) is 80.9 Å². The normalized spacial score (nSPS) is 12.7. The van der Waals surface area contributed by atoms with Crippen molar-refractivity contribution >= 4 is 0 Å². The fourth-order valence-corrected chi connectivity index (χ4v) is 6.47. The van der Waals surface area contributed by atoms with Crippen LogP contribution >= 0.6 is 0 Å². The zero-order chi connectivity index (χ0) is 29.5. The molecule has 0 saturated carbocycles. The Labute approximate surface area is 247 Å². The Bertz CT molecular complexity index is 1710. The molecule has 0 amide bonds. The van der Waals surface area contributed by atoms with E-state index in [9.17, 15) is 20.4 Å². The molecule has 6 rings (SSSR count). The van der Waals surface area contributed by atoms with Crippen molar-refractivity contribution < 1.29 is 20.4 Å². The molecule has 1 aliphatic rings. The van der Waals surface area contributed by atoms with E-state index in [0.29, 0.717) is 32.1 Å². The first-order chi connectivity index (χ1) is 20.1. The summed E-state index contributed by atoms with van der Waals surface area (Å²) in [7, 11) is 0. The summed E-state index contributed by atoms with van der Waals surface area (Å²) in [5, 5.41) is 45.9. The molecule has 0 fully saturated rings. The molecule has 212 valence electrons. The van der Waals surface area contributed by atoms with Crippen LogP contribution in [0.1, 0.15) is 72.3 Å². The summed E-state index contributed by atoms with van der Waals surface area (Å²) in [5.74, 6) is 0.736. The second-order valence-electron chi connectivity index (χ2n) is 11.9. The average molecular weight is 557 g/mol. The number of aryl methyl sites for hydroxylation is 3. The minimum atomic E-state index is 0.183. The van der Waals surface area contributed by atoms with Crippen LogP contribution in [0.25, 0.3) is 0 Å². The van der Waals surface area contributed by atoms with Crippen LogP contribution in [0.4, 0.5) is 0 Å². The van der Waals surface area contributed by atoms with Gasteiger partial charge in [0.2, 0.25) is 0 Å². The molecule has 4 nitrogen and oxygen atoms in total. The number of phenols is 4. The first-order valence-corrected chi connectivity index (χ1v) is 14.5. The molecule has 0 aliphatic heterocycles. The van der Waals surface area contributed by atoms with Gasteiger partial charge in [0, 0.05) is 25.7 Å². The molecule has 4 heteroatoms. The molecule has 42 heavy (non-hydrogen) atoms. The zero-order valence-electron chi connectivity index (χ0n) is 24.3. The summed E-state index contributed by atoms with van der Waals surface area (Å²) in [6.45, 7) is 6.00. The average Bonchev–Trinajstić information content (AvgIpc) is 2.94. The second-order valence-corrected chi connectivity index (χ2v) is 11.9. The Hall–Kier alpha value is -4.70. The smallest absolute Gasteiger partial charge is 0.122 e. The standard InChI is InChI=1S/C38H36O4/c1-22-9-27-18-29-11-23(2)13-31(36(29)40)20-33-16-26(15-25-7-5-4-6-8-25)17-34(38(33)42)21-32-14-24(3)12-30(37(32)41)19-28(10-22)35(27)39/h4-14,16-17,39-42H,15,18-21H2,1-3H3. The lowest BCUT2D eigenvalue weighted by atomic mass is 9.88. The van der Waals surface area contributed by atoms with Gasteiger partial charge in [-0.2, -0.15) is 0 Å². The van der Waals surface area contributed by atoms with E-state index in [1.807, 2.05) is 87.5 Å². The molecule has 5 aromatic rings. The van der Waals surface area contributed by atoms with E-state index in [1.54, 1.807) is 0 Å². The van der Waals surface area contributed by atoms with Gasteiger partial charge in [-0.25, -0.2) is 0 Å². The van der Waals surface area contributed by atoms with E-state index in [0.717, 1.165) is 66.8 Å². The maximum absolute atomic E-state index is 11.6. The molecule has 1 aliphatic carbocycles. The number of fused-ring (bicyclic) bond motifs is 8. The van der Waals surface area contributed by atoms with Crippen molar-refractivity contribution in [3.8, 4) is 23.0 Å². The quantitative estimate of drug-likeness (QED) is 0.176. The van der Waals surface area contributed by atoms with Gasteiger partial charge in [-0.1, -0.05) is 95.6 Å². The SMILES string of the molecule is Cc1cc2c(O)c(c1)Cc1cc(C)cc(c1O)Cc1cc(Cc3ccccc3)cc(c1O)Cc1cc(C)cc(c1O)C2. The van der Waals surface area contributed by atoms with Crippen molar-refractivity contribution in [3.05, 3.63) is 151 Å². The number of hydrogen-bond acceptors (Lipinski definition) is 4. The van der Waals surface area contributed by atoms with Gasteiger partial charge in [0.25, 0.3) is 0 Å². The monoisotopic (exact) mass is 556 g/mol. The number of rotatable bonds is 2. The van der Waals surface area contributed by atoms with Crippen LogP contribution in [-0.4, -0.2) is 20.4 Å². The van der Waals surface area contributed by atoms with Crippen LogP contribution in [0.15, 0.2) is 78.9 Å². The van der Waals surface area contributed by atoms with Crippen LogP contribution in [0.5, 0.6) is 23.0 Å². The third kappa shape index (κ3) is 5.45. The van der Waals surface area contributed by atoms with Crippen molar-refractivity contribution in [3.63, 3.8) is 0 Å². The molecule has 8 bridgehead atoms. The fraction of sp³-hybridized carbons (Fsp3) is 0.211. The highest BCUT2D eigenvalue weighted by molar-refractivity contribution is 5.57. The van der Waals surface area contributed by atoms with Gasteiger partial charge < -0.3 is 20.4 Å². The Morgan fingerprint density at radius 3 is 1.00 bits per heavy atom. The summed E-state index contributed by atoms with van der Waals surface area (Å²) in [6.07, 6.45) is 2.11. The highest BCUT2D eigenvalue weighted by Crippen LogP contribution is 2.39. The van der Waals surface area contributed by atoms with Gasteiger partial charge in [-0.05, 0) is 82.8 Å². The Morgan fingerprint density at radius 2 is 0.690 bits per heavy atom. The van der Waals surface area contributed by atoms with Gasteiger partial charge in [-0.3, -0.25) is 0 Å². The number of benzene rings is 5. The van der Waals surface area contributed by atoms with Crippen molar-refractivity contribution in [2.45, 2.75) is 52.9 Å². The van der Waals surface area contributed by atoms with Gasteiger partial charge in [0.15, 0.2) is 0 Å². The van der Waals surface area contributed by atoms with Crippen LogP contribution in [0, 0.1) is 20.8 Å². The van der Waals surface area contributed by atoms with Crippen molar-refractivity contribution in [1.82, 2.24) is 0 Å². The van der Waals surface area contributed by atoms with Crippen LogP contribution in [0.3, 0.4) is 0 Å². The fourth-order valence-electron chi connectivity index (χ4n) is 6.47. The Balaban J connectivity index is 1.58. The second kappa shape index (κ2) is 10.9. The number of phenolic OH excluding ortho intramolecular Hbond substituents is 4. The van der Waals surface area contributed by atoms with Crippen molar-refractivity contribution in [2.24, 2.45) is 0 Å². The lowest BCUT2D eigenvalue weighted by Crippen LogP contribution is -2.03. The van der Waals surface area contributed by atoms with Crippen LogP contribution < -0.4 is 0 Å².